The van der Waals surface area contributed by atoms with Crippen LogP contribution in [0.1, 0.15) is 76.5 Å². The molecule has 1 aliphatic carbocycles. The monoisotopic (exact) mass is 485 g/mol. The lowest BCUT2D eigenvalue weighted by molar-refractivity contribution is 0.280. The Morgan fingerprint density at radius 2 is 1.69 bits per heavy atom. The molecule has 2 aliphatic rings. The van der Waals surface area contributed by atoms with Crippen molar-refractivity contribution in [1.29, 1.82) is 0 Å². The highest BCUT2D eigenvalue weighted by Gasteiger charge is 2.34. The Morgan fingerprint density at radius 1 is 1.03 bits per heavy atom. The van der Waals surface area contributed by atoms with Gasteiger partial charge in [0.05, 0.1) is 11.6 Å². The molecular weight excluding hydrogens is 450 g/mol. The van der Waals surface area contributed by atoms with Gasteiger partial charge in [-0.1, -0.05) is 26.0 Å². The molecule has 8 nitrogen and oxygen atoms in total. The molecule has 3 aromatic rings. The molecule has 1 fully saturated rings. The molecule has 3 heterocycles. The van der Waals surface area contributed by atoms with Crippen molar-refractivity contribution in [2.45, 2.75) is 65.3 Å². The van der Waals surface area contributed by atoms with Gasteiger partial charge < -0.3 is 20.8 Å². The van der Waals surface area contributed by atoms with Crippen molar-refractivity contribution >= 4 is 5.71 Å². The Labute approximate surface area is 212 Å². The van der Waals surface area contributed by atoms with Crippen molar-refractivity contribution in [1.82, 2.24) is 19.5 Å². The van der Waals surface area contributed by atoms with Crippen molar-refractivity contribution in [3.63, 3.8) is 0 Å². The summed E-state index contributed by atoms with van der Waals surface area (Å²) in [5.74, 6) is 2.70. The van der Waals surface area contributed by atoms with Crippen LogP contribution < -0.4 is 11.5 Å². The van der Waals surface area contributed by atoms with Crippen molar-refractivity contribution in [3.8, 4) is 5.69 Å². The van der Waals surface area contributed by atoms with E-state index < -0.39 is 0 Å². The summed E-state index contributed by atoms with van der Waals surface area (Å²) in [7, 11) is 0. The number of aliphatic imine (C=N–C) groups is 1. The van der Waals surface area contributed by atoms with Gasteiger partial charge in [-0.05, 0) is 57.4 Å². The van der Waals surface area contributed by atoms with Crippen LogP contribution in [-0.4, -0.2) is 31.3 Å². The second-order valence-electron chi connectivity index (χ2n) is 8.99. The van der Waals surface area contributed by atoms with Crippen LogP contribution in [0.3, 0.4) is 0 Å². The molecule has 1 atom stereocenters. The van der Waals surface area contributed by atoms with Gasteiger partial charge in [0.15, 0.2) is 5.82 Å². The Balaban J connectivity index is 0.00000148. The third-order valence-electron chi connectivity index (χ3n) is 6.06. The summed E-state index contributed by atoms with van der Waals surface area (Å²) in [5.41, 5.74) is 16.7. The largest absolute Gasteiger partial charge is 0.444 e. The van der Waals surface area contributed by atoms with Gasteiger partial charge in [-0.3, -0.25) is 4.99 Å². The summed E-state index contributed by atoms with van der Waals surface area (Å²) in [4.78, 5) is 18.4. The first-order valence-electron chi connectivity index (χ1n) is 12.6. The third kappa shape index (κ3) is 5.03. The minimum Gasteiger partial charge on any atom is -0.444 e. The van der Waals surface area contributed by atoms with E-state index >= 15 is 0 Å². The minimum atomic E-state index is -0.338. The highest BCUT2D eigenvalue weighted by molar-refractivity contribution is 6.12. The molecule has 36 heavy (non-hydrogen) atoms. The molecule has 4 N–H and O–H groups in total. The zero-order valence-corrected chi connectivity index (χ0v) is 21.6. The molecule has 1 saturated carbocycles. The fourth-order valence-electron chi connectivity index (χ4n) is 4.36. The molecule has 5 rings (SSSR count). The third-order valence-corrected chi connectivity index (χ3v) is 6.06. The van der Waals surface area contributed by atoms with E-state index in [1.54, 1.807) is 18.5 Å². The van der Waals surface area contributed by atoms with Gasteiger partial charge in [0.2, 0.25) is 5.88 Å². The van der Waals surface area contributed by atoms with Crippen LogP contribution in [0.15, 0.2) is 83.0 Å². The Bertz CT molecular complexity index is 1280. The van der Waals surface area contributed by atoms with Gasteiger partial charge in [-0.25, -0.2) is 15.0 Å². The maximum absolute atomic E-state index is 6.54. The lowest BCUT2D eigenvalue weighted by Gasteiger charge is -2.30. The molecular formula is C28H35N7O. The Morgan fingerprint density at radius 3 is 2.31 bits per heavy atom. The smallest absolute Gasteiger partial charge is 0.210 e. The maximum atomic E-state index is 6.54. The maximum Gasteiger partial charge on any atom is 0.210 e. The zero-order chi connectivity index (χ0) is 25.8. The molecule has 0 saturated heterocycles. The first-order valence-corrected chi connectivity index (χ1v) is 12.6. The fraction of sp³-hybridized carbons (Fsp3) is 0.357. The molecule has 0 amide bonds. The minimum absolute atomic E-state index is 0.0219. The van der Waals surface area contributed by atoms with E-state index in [4.69, 9.17) is 21.2 Å². The van der Waals surface area contributed by atoms with E-state index in [9.17, 15) is 0 Å². The van der Waals surface area contributed by atoms with Gasteiger partial charge in [0, 0.05) is 48.0 Å². The summed E-state index contributed by atoms with van der Waals surface area (Å²) >= 11 is 0. The van der Waals surface area contributed by atoms with Crippen LogP contribution in [0.25, 0.3) is 5.69 Å². The molecule has 188 valence electrons. The van der Waals surface area contributed by atoms with Crippen LogP contribution in [0.4, 0.5) is 0 Å². The molecule has 0 radical (unpaired) electrons. The van der Waals surface area contributed by atoms with E-state index in [0.29, 0.717) is 28.9 Å². The summed E-state index contributed by atoms with van der Waals surface area (Å²) < 4.78 is 8.00. The normalized spacial score (nSPS) is 18.2. The highest BCUT2D eigenvalue weighted by atomic mass is 16.5. The summed E-state index contributed by atoms with van der Waals surface area (Å²) in [6.07, 6.45) is 9.68. The number of aromatic nitrogens is 4. The van der Waals surface area contributed by atoms with E-state index in [0.717, 1.165) is 22.6 Å². The average molecular weight is 486 g/mol. The molecule has 1 unspecified atom stereocenters. The van der Waals surface area contributed by atoms with E-state index in [-0.39, 0.29) is 17.8 Å². The molecule has 1 aromatic carbocycles. The first-order chi connectivity index (χ1) is 17.4. The highest BCUT2D eigenvalue weighted by Crippen LogP contribution is 2.41. The molecule has 2 aromatic heterocycles. The number of benzene rings is 1. The second kappa shape index (κ2) is 10.8. The van der Waals surface area contributed by atoms with Crippen LogP contribution in [0.2, 0.25) is 0 Å². The summed E-state index contributed by atoms with van der Waals surface area (Å²) in [6, 6.07) is 10.1. The number of imidazole rings is 1. The van der Waals surface area contributed by atoms with Crippen LogP contribution in [-0.2, 0) is 4.74 Å². The number of hydrogen-bond donors (Lipinski definition) is 2. The predicted octanol–water partition coefficient (Wildman–Crippen LogP) is 4.94. The van der Waals surface area contributed by atoms with Gasteiger partial charge in [-0.15, -0.1) is 0 Å². The van der Waals surface area contributed by atoms with Crippen molar-refractivity contribution in [2.24, 2.45) is 16.5 Å². The quantitative estimate of drug-likeness (QED) is 0.478. The predicted molar refractivity (Wildman–Crippen MR) is 143 cm³/mol. The van der Waals surface area contributed by atoms with Crippen molar-refractivity contribution in [3.05, 3.63) is 95.2 Å². The van der Waals surface area contributed by atoms with E-state index in [1.165, 1.54) is 12.8 Å². The number of rotatable bonds is 6. The Kier molecular flexibility index (Phi) is 7.52. The molecule has 0 bridgehead atoms. The van der Waals surface area contributed by atoms with Gasteiger partial charge >= 0.3 is 0 Å². The van der Waals surface area contributed by atoms with Gasteiger partial charge in [0.25, 0.3) is 0 Å². The van der Waals surface area contributed by atoms with Crippen LogP contribution in [0, 0.1) is 0 Å². The lowest BCUT2D eigenvalue weighted by Crippen LogP contribution is -2.30. The Hall–Kier alpha value is -3.94. The number of nitrogens with zero attached hydrogens (tertiary/aromatic N) is 5. The first kappa shape index (κ1) is 25.2. The average Bonchev–Trinajstić information content (AvgIpc) is 3.62. The van der Waals surface area contributed by atoms with Crippen LogP contribution >= 0.6 is 0 Å². The second-order valence-corrected chi connectivity index (χ2v) is 8.99. The molecule has 1 aliphatic heterocycles. The van der Waals surface area contributed by atoms with Crippen molar-refractivity contribution < 1.29 is 4.74 Å². The van der Waals surface area contributed by atoms with E-state index in [1.807, 2.05) is 47.0 Å². The van der Waals surface area contributed by atoms with Gasteiger partial charge in [-0.2, -0.15) is 0 Å². The fourth-order valence-corrected chi connectivity index (χ4v) is 4.36. The SMILES string of the molecule is CC.CC1=C(C(=NC(C)C)c2ncccn2)C(c2ccc(-n3ccnc3C3CC3)cc2)C(N)=C(N)O1. The van der Waals surface area contributed by atoms with Gasteiger partial charge in [0.1, 0.15) is 17.3 Å². The topological polar surface area (TPSA) is 117 Å². The number of nitrogens with two attached hydrogens (primary N) is 2. The standard InChI is InChI=1S/C26H29N7O.C2H6/c1-15(2)32-23(25-29-11-4-12-30-25)20-16(3)34-24(28)22(27)21(20)17-7-9-19(10-8-17)33-14-13-31-26(33)18-5-6-18;1-2/h4,7-15,18,21H,5-6,27-28H2,1-3H3;1-2H3. The number of hydrogen-bond acceptors (Lipinski definition) is 7. The summed E-state index contributed by atoms with van der Waals surface area (Å²) in [5, 5.41) is 0. The zero-order valence-electron chi connectivity index (χ0n) is 21.6. The molecule has 8 heteroatoms. The van der Waals surface area contributed by atoms with E-state index in [2.05, 4.69) is 43.8 Å². The van der Waals surface area contributed by atoms with Crippen molar-refractivity contribution in [2.75, 3.05) is 0 Å². The summed E-state index contributed by atoms with van der Waals surface area (Å²) in [6.45, 7) is 9.91. The van der Waals surface area contributed by atoms with Crippen LogP contribution in [0.5, 0.6) is 0 Å². The number of ether oxygens (including phenoxy) is 1. The lowest BCUT2D eigenvalue weighted by atomic mass is 9.83. The number of allylic oxidation sites excluding steroid dienone is 2. The molecule has 0 spiro atoms.